The van der Waals surface area contributed by atoms with Gasteiger partial charge in [-0.2, -0.15) is 0 Å². The summed E-state index contributed by atoms with van der Waals surface area (Å²) < 4.78 is 16.5. The predicted octanol–water partition coefficient (Wildman–Crippen LogP) is 4.43. The van der Waals surface area contributed by atoms with Gasteiger partial charge in [0.25, 0.3) is 11.7 Å². The van der Waals surface area contributed by atoms with Gasteiger partial charge in [0.2, 0.25) is 0 Å². The van der Waals surface area contributed by atoms with Gasteiger partial charge < -0.3 is 24.2 Å². The van der Waals surface area contributed by atoms with E-state index >= 15 is 0 Å². The Morgan fingerprint density at radius 2 is 1.78 bits per heavy atom. The largest absolute Gasteiger partial charge is 0.507 e. The molecule has 36 heavy (non-hydrogen) atoms. The number of ether oxygens (including phenoxy) is 3. The molecule has 1 fully saturated rings. The van der Waals surface area contributed by atoms with E-state index in [1.165, 1.54) is 12.0 Å². The first-order valence-electron chi connectivity index (χ1n) is 11.5. The number of aryl methyl sites for hydroxylation is 1. The fourth-order valence-corrected chi connectivity index (χ4v) is 4.39. The summed E-state index contributed by atoms with van der Waals surface area (Å²) in [6.07, 6.45) is 3.28. The highest BCUT2D eigenvalue weighted by Gasteiger charge is 2.46. The molecule has 0 aliphatic carbocycles. The van der Waals surface area contributed by atoms with E-state index in [4.69, 9.17) is 14.2 Å². The third-order valence-electron chi connectivity index (χ3n) is 6.09. The van der Waals surface area contributed by atoms with Gasteiger partial charge in [-0.15, -0.1) is 0 Å². The molecular weight excluding hydrogens is 460 g/mol. The molecule has 186 valence electrons. The van der Waals surface area contributed by atoms with Crippen molar-refractivity contribution < 1.29 is 28.9 Å². The third kappa shape index (κ3) is 4.62. The molecule has 4 rings (SSSR count). The van der Waals surface area contributed by atoms with Crippen LogP contribution in [0.5, 0.6) is 17.2 Å². The molecule has 1 aliphatic heterocycles. The number of carbonyl (C=O) groups is 2. The first-order valence-corrected chi connectivity index (χ1v) is 11.5. The number of rotatable bonds is 8. The minimum absolute atomic E-state index is 0.000305. The van der Waals surface area contributed by atoms with Crippen molar-refractivity contribution in [3.05, 3.63) is 88.8 Å². The lowest BCUT2D eigenvalue weighted by Crippen LogP contribution is -2.29. The van der Waals surface area contributed by atoms with Gasteiger partial charge in [-0.3, -0.25) is 14.6 Å². The Hall–Kier alpha value is -4.33. The molecule has 1 aliphatic rings. The molecule has 2 aromatic carbocycles. The first-order chi connectivity index (χ1) is 17.4. The minimum atomic E-state index is -0.850. The van der Waals surface area contributed by atoms with Gasteiger partial charge in [0.15, 0.2) is 11.5 Å². The maximum atomic E-state index is 13.3. The molecule has 0 bridgehead atoms. The van der Waals surface area contributed by atoms with E-state index in [9.17, 15) is 14.7 Å². The number of benzene rings is 2. The molecule has 2 heterocycles. The summed E-state index contributed by atoms with van der Waals surface area (Å²) in [6.45, 7) is 4.29. The number of carbonyl (C=O) groups excluding carboxylic acids is 2. The Kier molecular flexibility index (Phi) is 7.24. The molecule has 0 unspecified atom stereocenters. The molecule has 1 amide bonds. The van der Waals surface area contributed by atoms with Crippen LogP contribution in [0.15, 0.2) is 66.5 Å². The van der Waals surface area contributed by atoms with Crippen molar-refractivity contribution in [1.82, 2.24) is 9.88 Å². The lowest BCUT2D eigenvalue weighted by Gasteiger charge is -2.26. The van der Waals surface area contributed by atoms with E-state index in [2.05, 4.69) is 4.98 Å². The Bertz CT molecular complexity index is 1320. The molecule has 1 saturated heterocycles. The van der Waals surface area contributed by atoms with Crippen LogP contribution < -0.4 is 14.2 Å². The predicted molar refractivity (Wildman–Crippen MR) is 134 cm³/mol. The number of amides is 1. The second-order valence-electron chi connectivity index (χ2n) is 8.32. The summed E-state index contributed by atoms with van der Waals surface area (Å²) in [6, 6.07) is 13.1. The fraction of sp³-hybridized carbons (Fsp3) is 0.250. The van der Waals surface area contributed by atoms with E-state index in [0.29, 0.717) is 35.0 Å². The van der Waals surface area contributed by atoms with Crippen molar-refractivity contribution in [2.45, 2.75) is 26.4 Å². The van der Waals surface area contributed by atoms with E-state index in [-0.39, 0.29) is 17.9 Å². The molecule has 1 atom stereocenters. The number of pyridine rings is 1. The maximum Gasteiger partial charge on any atom is 0.295 e. The molecule has 0 saturated carbocycles. The number of Topliss-reactive ketones (excluding diaryl/α,β-unsaturated/α-hetero) is 1. The SMILES string of the molecule is CCOc1ccc([C@@H]2C(=C(O)c3ccc(OC)c(C)c3)C(=O)C(=O)N2Cc2cccnc2)cc1OC. The average molecular weight is 489 g/mol. The lowest BCUT2D eigenvalue weighted by molar-refractivity contribution is -0.140. The van der Waals surface area contributed by atoms with Crippen LogP contribution in [0.1, 0.15) is 35.2 Å². The van der Waals surface area contributed by atoms with Crippen molar-refractivity contribution in [3.8, 4) is 17.2 Å². The molecule has 8 heteroatoms. The third-order valence-corrected chi connectivity index (χ3v) is 6.09. The van der Waals surface area contributed by atoms with Crippen LogP contribution in [0, 0.1) is 6.92 Å². The van der Waals surface area contributed by atoms with Gasteiger partial charge in [0.1, 0.15) is 11.5 Å². The van der Waals surface area contributed by atoms with Crippen LogP contribution in [0.3, 0.4) is 0 Å². The summed E-state index contributed by atoms with van der Waals surface area (Å²) in [4.78, 5) is 32.2. The molecule has 0 spiro atoms. The van der Waals surface area contributed by atoms with Crippen LogP contribution in [0.4, 0.5) is 0 Å². The second-order valence-corrected chi connectivity index (χ2v) is 8.32. The van der Waals surface area contributed by atoms with Gasteiger partial charge in [-0.05, 0) is 66.9 Å². The van der Waals surface area contributed by atoms with Gasteiger partial charge in [-0.25, -0.2) is 0 Å². The highest BCUT2D eigenvalue weighted by molar-refractivity contribution is 6.46. The number of methoxy groups -OCH3 is 2. The van der Waals surface area contributed by atoms with Crippen LogP contribution in [0.25, 0.3) is 5.76 Å². The zero-order valence-corrected chi connectivity index (χ0v) is 20.6. The summed E-state index contributed by atoms with van der Waals surface area (Å²) in [7, 11) is 3.08. The minimum Gasteiger partial charge on any atom is -0.507 e. The number of hydrogen-bond donors (Lipinski definition) is 1. The Morgan fingerprint density at radius 1 is 1.03 bits per heavy atom. The second kappa shape index (κ2) is 10.5. The van der Waals surface area contributed by atoms with E-state index in [0.717, 1.165) is 11.1 Å². The summed E-state index contributed by atoms with van der Waals surface area (Å²) in [5.74, 6) is -0.0754. The molecular formula is C28H28N2O6. The van der Waals surface area contributed by atoms with Crippen molar-refractivity contribution in [1.29, 1.82) is 0 Å². The van der Waals surface area contributed by atoms with E-state index in [1.807, 2.05) is 19.9 Å². The van der Waals surface area contributed by atoms with Crippen LogP contribution >= 0.6 is 0 Å². The average Bonchev–Trinajstić information content (AvgIpc) is 3.14. The fourth-order valence-electron chi connectivity index (χ4n) is 4.39. The summed E-state index contributed by atoms with van der Waals surface area (Å²) >= 11 is 0. The van der Waals surface area contributed by atoms with Crippen LogP contribution in [-0.2, 0) is 16.1 Å². The van der Waals surface area contributed by atoms with Crippen molar-refractivity contribution in [2.75, 3.05) is 20.8 Å². The first kappa shape index (κ1) is 24.8. The lowest BCUT2D eigenvalue weighted by atomic mass is 9.94. The van der Waals surface area contributed by atoms with Crippen LogP contribution in [-0.4, -0.2) is 47.5 Å². The highest BCUT2D eigenvalue weighted by atomic mass is 16.5. The molecule has 3 aromatic rings. The smallest absolute Gasteiger partial charge is 0.295 e. The summed E-state index contributed by atoms with van der Waals surface area (Å²) in [5, 5.41) is 11.3. The molecule has 1 aromatic heterocycles. The normalized spacial score (nSPS) is 16.8. The number of nitrogens with zero attached hydrogens (tertiary/aromatic N) is 2. The zero-order valence-electron chi connectivity index (χ0n) is 20.6. The van der Waals surface area contributed by atoms with Gasteiger partial charge in [-0.1, -0.05) is 12.1 Å². The Morgan fingerprint density at radius 3 is 2.42 bits per heavy atom. The van der Waals surface area contributed by atoms with Gasteiger partial charge in [0, 0.05) is 24.5 Å². The zero-order chi connectivity index (χ0) is 25.8. The number of aliphatic hydroxyl groups is 1. The number of aromatic nitrogens is 1. The number of ketones is 1. The van der Waals surface area contributed by atoms with Crippen molar-refractivity contribution in [2.24, 2.45) is 0 Å². The van der Waals surface area contributed by atoms with Gasteiger partial charge in [0.05, 0.1) is 32.4 Å². The highest BCUT2D eigenvalue weighted by Crippen LogP contribution is 2.43. The van der Waals surface area contributed by atoms with E-state index < -0.39 is 17.7 Å². The van der Waals surface area contributed by atoms with Crippen molar-refractivity contribution in [3.63, 3.8) is 0 Å². The number of likely N-dealkylation sites (tertiary alicyclic amines) is 1. The molecule has 1 N–H and O–H groups in total. The number of hydrogen-bond acceptors (Lipinski definition) is 7. The van der Waals surface area contributed by atoms with E-state index in [1.54, 1.807) is 62.0 Å². The molecule has 0 radical (unpaired) electrons. The quantitative estimate of drug-likeness (QED) is 0.285. The topological polar surface area (TPSA) is 98.2 Å². The van der Waals surface area contributed by atoms with Crippen molar-refractivity contribution >= 4 is 17.4 Å². The standard InChI is InChI=1S/C28H28N2O6/c1-5-36-22-11-8-19(14-23(22)35-4)25-24(26(31)20-9-10-21(34-3)17(2)13-20)27(32)28(33)30(25)16-18-7-6-12-29-15-18/h6-15,25,31H,5,16H2,1-4H3/t25-/m1/s1. The maximum absolute atomic E-state index is 13.3. The summed E-state index contributed by atoms with van der Waals surface area (Å²) in [5.41, 5.74) is 2.55. The monoisotopic (exact) mass is 488 g/mol. The molecule has 8 nitrogen and oxygen atoms in total. The Balaban J connectivity index is 1.89. The Labute approximate surface area is 209 Å². The number of aliphatic hydroxyl groups excluding tert-OH is 1. The van der Waals surface area contributed by atoms with Gasteiger partial charge >= 0.3 is 0 Å². The van der Waals surface area contributed by atoms with Crippen LogP contribution in [0.2, 0.25) is 0 Å².